The van der Waals surface area contributed by atoms with E-state index in [9.17, 15) is 0 Å². The van der Waals surface area contributed by atoms with Gasteiger partial charge in [-0.15, -0.1) is 0 Å². The van der Waals surface area contributed by atoms with E-state index in [1.807, 2.05) is 0 Å². The van der Waals surface area contributed by atoms with Crippen molar-refractivity contribution in [3.8, 4) is 0 Å². The van der Waals surface area contributed by atoms with Gasteiger partial charge >= 0.3 is 128 Å². The molecule has 1 atom stereocenters. The van der Waals surface area contributed by atoms with Crippen molar-refractivity contribution in [1.29, 1.82) is 0 Å². The quantitative estimate of drug-likeness (QED) is 0.532. The topological polar surface area (TPSA) is 0 Å². The van der Waals surface area contributed by atoms with Crippen LogP contribution in [0.3, 0.4) is 0 Å². The van der Waals surface area contributed by atoms with E-state index < -0.39 is 0 Å². The Hall–Kier alpha value is 0.114. The molecule has 0 heterocycles. The molecule has 0 saturated carbocycles. The van der Waals surface area contributed by atoms with Gasteiger partial charge in [-0.3, -0.25) is 0 Å². The molecule has 0 fully saturated rings. The van der Waals surface area contributed by atoms with Gasteiger partial charge in [0.2, 0.25) is 0 Å². The smallest absolute Gasteiger partial charge is 1.00 e. The van der Waals surface area contributed by atoms with E-state index in [4.69, 9.17) is 0 Å². The average Bonchev–Trinajstić information content (AvgIpc) is 3.01. The van der Waals surface area contributed by atoms with Crippen LogP contribution < -0.4 is 34.0 Å². The van der Waals surface area contributed by atoms with Crippen LogP contribution >= 0.6 is 0 Å². The van der Waals surface area contributed by atoms with Gasteiger partial charge in [-0.25, -0.2) is 0 Å². The zero-order valence-electron chi connectivity index (χ0n) is 12.2. The molecule has 0 nitrogen and oxygen atoms in total. The van der Waals surface area contributed by atoms with Crippen LogP contribution in [0.5, 0.6) is 0 Å². The second kappa shape index (κ2) is 8.67. The Kier molecular flexibility index (Phi) is 7.91. The van der Waals surface area contributed by atoms with Crippen LogP contribution in [0, 0.1) is 0 Å². The first-order valence-electron chi connectivity index (χ1n) is 7.22. The van der Waals surface area contributed by atoms with Crippen LogP contribution in [0.2, 0.25) is 0 Å². The summed E-state index contributed by atoms with van der Waals surface area (Å²) < 4.78 is 0.558. The third-order valence-electron chi connectivity index (χ3n) is 4.11. The van der Waals surface area contributed by atoms with Crippen molar-refractivity contribution in [2.24, 2.45) is 0 Å². The molecule has 0 aromatic heterocycles. The maximum Gasteiger partial charge on any atom is -1.00 e. The second-order valence-electron chi connectivity index (χ2n) is 5.38. The molecule has 0 N–H and O–H groups in total. The molecule has 1 unspecified atom stereocenters. The number of unbranched alkanes of at least 4 members (excludes halogenated alkanes) is 1. The van der Waals surface area contributed by atoms with Gasteiger partial charge < -0.3 is 34.0 Å². The van der Waals surface area contributed by atoms with Crippen molar-refractivity contribution in [1.82, 2.24) is 0 Å². The average molecular weight is 443 g/mol. The predicted octanol–water partition coefficient (Wildman–Crippen LogP) is -0.874. The Balaban J connectivity index is 0.00000110. The van der Waals surface area contributed by atoms with Crippen LogP contribution in [0.4, 0.5) is 0 Å². The van der Waals surface area contributed by atoms with Crippen molar-refractivity contribution < 1.29 is 54.4 Å². The number of allylic oxidation sites excluding steroid dienone is 5. The summed E-state index contributed by atoms with van der Waals surface area (Å²) >= 11 is 2.35. The van der Waals surface area contributed by atoms with Gasteiger partial charge in [-0.05, 0) is 0 Å². The van der Waals surface area contributed by atoms with Crippen molar-refractivity contribution in [2.75, 3.05) is 0 Å². The zero-order chi connectivity index (χ0) is 13.2. The predicted molar refractivity (Wildman–Crippen MR) is 77.5 cm³/mol. The number of rotatable bonds is 4. The van der Waals surface area contributed by atoms with Crippen LogP contribution in [0.15, 0.2) is 53.1 Å². The molecular formula is C18H19Br2Ti. The molecule has 2 aliphatic carbocycles. The monoisotopic (exact) mass is 441 g/mol. The van der Waals surface area contributed by atoms with Gasteiger partial charge in [-0.2, -0.15) is 0 Å². The SMILES string of the molecule is CCCCC1=C(C2=Cc3ccccc3[CH]2[Ti+2])CC=C1.[Br-].[Br-]. The molecule has 1 aromatic carbocycles. The summed E-state index contributed by atoms with van der Waals surface area (Å²) in [7, 11) is 0. The fraction of sp³-hybridized carbons (Fsp3) is 0.333. The molecule has 3 heteroatoms. The Bertz CT molecular complexity index is 585. The van der Waals surface area contributed by atoms with Crippen molar-refractivity contribution >= 4 is 6.08 Å². The first-order chi connectivity index (χ1) is 9.31. The summed E-state index contributed by atoms with van der Waals surface area (Å²) in [5.74, 6) is 0. The molecule has 21 heavy (non-hydrogen) atoms. The number of benzene rings is 1. The first kappa shape index (κ1) is 19.2. The van der Waals surface area contributed by atoms with Gasteiger partial charge in [0, 0.05) is 0 Å². The summed E-state index contributed by atoms with van der Waals surface area (Å²) in [4.78, 5) is 0. The van der Waals surface area contributed by atoms with Crippen molar-refractivity contribution in [3.05, 3.63) is 64.3 Å². The maximum atomic E-state index is 2.41. The summed E-state index contributed by atoms with van der Waals surface area (Å²) in [6.45, 7) is 2.27. The number of fused-ring (bicyclic) bond motifs is 1. The first-order valence-corrected chi connectivity index (χ1v) is 8.12. The maximum absolute atomic E-state index is 2.41. The van der Waals surface area contributed by atoms with Gasteiger partial charge in [-0.1, -0.05) is 0 Å². The van der Waals surface area contributed by atoms with Crippen LogP contribution in [0.25, 0.3) is 6.08 Å². The van der Waals surface area contributed by atoms with E-state index in [0.29, 0.717) is 4.22 Å². The van der Waals surface area contributed by atoms with Gasteiger partial charge in [0.25, 0.3) is 0 Å². The van der Waals surface area contributed by atoms with E-state index in [0.717, 1.165) is 6.42 Å². The molecule has 0 radical (unpaired) electrons. The van der Waals surface area contributed by atoms with Gasteiger partial charge in [0.15, 0.2) is 0 Å². The summed E-state index contributed by atoms with van der Waals surface area (Å²) in [6, 6.07) is 8.82. The largest absolute Gasteiger partial charge is 1.00 e. The Morgan fingerprint density at radius 1 is 1.19 bits per heavy atom. The number of hydrogen-bond donors (Lipinski definition) is 0. The molecule has 0 saturated heterocycles. The summed E-state index contributed by atoms with van der Waals surface area (Å²) in [5.41, 5.74) is 7.63. The minimum absolute atomic E-state index is 0. The summed E-state index contributed by atoms with van der Waals surface area (Å²) in [5, 5.41) is 0. The molecule has 1 aromatic rings. The normalized spacial score (nSPS) is 19.0. The van der Waals surface area contributed by atoms with Crippen LogP contribution in [0.1, 0.15) is 48.0 Å². The van der Waals surface area contributed by atoms with E-state index in [-0.39, 0.29) is 34.0 Å². The number of hydrogen-bond acceptors (Lipinski definition) is 0. The molecule has 109 valence electrons. The third-order valence-corrected chi connectivity index (χ3v) is 5.08. The van der Waals surface area contributed by atoms with E-state index >= 15 is 0 Å². The molecular weight excluding hydrogens is 424 g/mol. The minimum Gasteiger partial charge on any atom is -1.00 e. The Morgan fingerprint density at radius 2 is 1.95 bits per heavy atom. The van der Waals surface area contributed by atoms with Crippen LogP contribution in [-0.4, -0.2) is 0 Å². The number of halogens is 2. The minimum atomic E-state index is 0. The zero-order valence-corrected chi connectivity index (χ0v) is 16.9. The molecule has 0 aliphatic heterocycles. The van der Waals surface area contributed by atoms with E-state index in [1.54, 1.807) is 16.7 Å². The van der Waals surface area contributed by atoms with Gasteiger partial charge in [0.05, 0.1) is 0 Å². The molecule has 2 aliphatic rings. The summed E-state index contributed by atoms with van der Waals surface area (Å²) in [6.07, 6.45) is 12.0. The van der Waals surface area contributed by atoms with Crippen molar-refractivity contribution in [3.63, 3.8) is 0 Å². The second-order valence-corrected chi connectivity index (χ2v) is 6.28. The van der Waals surface area contributed by atoms with E-state index in [2.05, 4.69) is 69.9 Å². The fourth-order valence-electron chi connectivity index (χ4n) is 3.04. The van der Waals surface area contributed by atoms with E-state index in [1.165, 1.54) is 30.4 Å². The van der Waals surface area contributed by atoms with Gasteiger partial charge in [0.1, 0.15) is 0 Å². The molecule has 3 rings (SSSR count). The third kappa shape index (κ3) is 3.90. The fourth-order valence-corrected chi connectivity index (χ4v) is 3.85. The Labute approximate surface area is 160 Å². The van der Waals surface area contributed by atoms with Crippen LogP contribution in [-0.2, 0) is 20.4 Å². The molecule has 0 amide bonds. The molecule has 0 spiro atoms. The van der Waals surface area contributed by atoms with Crippen molar-refractivity contribution in [2.45, 2.75) is 36.8 Å². The standard InChI is InChI=1S/C18H19.2BrH.Ti/c1-2-3-7-14-10-6-11-18(14)17-12-15-8-4-5-9-16(15)13-17;;;/h4-6,8-10,12-13H,2-3,7,11H2,1H3;2*1H;/q;;;+2/p-2. The molecule has 0 bridgehead atoms. The Morgan fingerprint density at radius 3 is 2.67 bits per heavy atom.